The maximum Gasteiger partial charge on any atom is 0.309 e. The number of halogens is 1. The molecule has 1 rings (SSSR count). The van der Waals surface area contributed by atoms with E-state index in [0.29, 0.717) is 0 Å². The number of ether oxygens (including phenoxy) is 1. The van der Waals surface area contributed by atoms with E-state index in [0.717, 1.165) is 5.56 Å². The lowest BCUT2D eigenvalue weighted by molar-refractivity contribution is 0.297. The van der Waals surface area contributed by atoms with Gasteiger partial charge in [0.2, 0.25) is 0 Å². The molecule has 0 unspecified atom stereocenters. The highest BCUT2D eigenvalue weighted by Gasteiger charge is 2.11. The van der Waals surface area contributed by atoms with Gasteiger partial charge in [-0.25, -0.2) is 0 Å². The van der Waals surface area contributed by atoms with Gasteiger partial charge in [-0.3, -0.25) is 0 Å². The fourth-order valence-corrected chi connectivity index (χ4v) is 1.61. The molecule has 0 spiro atoms. The molecule has 0 saturated carbocycles. The second-order valence-electron chi connectivity index (χ2n) is 2.91. The van der Waals surface area contributed by atoms with Crippen molar-refractivity contribution in [3.05, 3.63) is 41.7 Å². The summed E-state index contributed by atoms with van der Waals surface area (Å²) in [5.74, 6) is -0.665. The molecule has 0 fully saturated rings. The highest BCUT2D eigenvalue weighted by Crippen LogP contribution is 2.10. The summed E-state index contributed by atoms with van der Waals surface area (Å²) in [6.07, 6.45) is 1.48. The Hall–Kier alpha value is -1.36. The normalized spacial score (nSPS) is 12.5. The van der Waals surface area contributed by atoms with Gasteiger partial charge in [0.25, 0.3) is 0 Å². The first-order chi connectivity index (χ1) is 7.01. The third kappa shape index (κ3) is 4.60. The fraction of sp³-hybridized carbons (Fsp3) is 0.200. The Morgan fingerprint density at radius 3 is 2.47 bits per heavy atom. The first kappa shape index (κ1) is 11.7. The maximum atomic E-state index is 12.4. The van der Waals surface area contributed by atoms with Gasteiger partial charge in [0.1, 0.15) is 11.5 Å². The standard InChI is InChI=1S/C10H11FO3S/c1-14-10(8-15(11,12)13)7-9-5-3-2-4-6-9/h2-7H,8H2,1H3. The molecule has 0 aliphatic carbocycles. The van der Waals surface area contributed by atoms with E-state index in [1.807, 2.05) is 6.07 Å². The minimum Gasteiger partial charge on any atom is -0.500 e. The first-order valence-electron chi connectivity index (χ1n) is 4.23. The van der Waals surface area contributed by atoms with E-state index in [4.69, 9.17) is 4.74 Å². The molecule has 82 valence electrons. The average molecular weight is 230 g/mol. The van der Waals surface area contributed by atoms with E-state index in [1.54, 1.807) is 24.3 Å². The molecule has 0 heterocycles. The molecular formula is C10H11FO3S. The summed E-state index contributed by atoms with van der Waals surface area (Å²) in [5, 5.41) is 0. The van der Waals surface area contributed by atoms with Crippen LogP contribution in [0.5, 0.6) is 0 Å². The van der Waals surface area contributed by atoms with Crippen LogP contribution in [0.2, 0.25) is 0 Å². The van der Waals surface area contributed by atoms with Crippen molar-refractivity contribution in [2.24, 2.45) is 0 Å². The fourth-order valence-electron chi connectivity index (χ4n) is 1.06. The van der Waals surface area contributed by atoms with Crippen molar-refractivity contribution in [3.8, 4) is 0 Å². The van der Waals surface area contributed by atoms with Gasteiger partial charge in [-0.2, -0.15) is 8.42 Å². The molecule has 0 bridgehead atoms. The summed E-state index contributed by atoms with van der Waals surface area (Å²) in [5.41, 5.74) is 0.762. The second kappa shape index (κ2) is 4.93. The molecule has 1 aromatic rings. The Morgan fingerprint density at radius 2 is 2.00 bits per heavy atom. The van der Waals surface area contributed by atoms with Gasteiger partial charge in [0.05, 0.1) is 7.11 Å². The minimum atomic E-state index is -4.55. The highest BCUT2D eigenvalue weighted by atomic mass is 32.3. The number of methoxy groups -OCH3 is 1. The van der Waals surface area contributed by atoms with Gasteiger partial charge in [-0.1, -0.05) is 30.3 Å². The second-order valence-corrected chi connectivity index (χ2v) is 4.27. The predicted molar refractivity (Wildman–Crippen MR) is 56.3 cm³/mol. The summed E-state index contributed by atoms with van der Waals surface area (Å²) in [6.45, 7) is 0. The van der Waals surface area contributed by atoms with Crippen LogP contribution in [0, 0.1) is 0 Å². The minimum absolute atomic E-state index is 0.0729. The van der Waals surface area contributed by atoms with Crippen molar-refractivity contribution in [2.75, 3.05) is 12.9 Å². The van der Waals surface area contributed by atoms with Crippen LogP contribution in [0.1, 0.15) is 5.56 Å². The third-order valence-corrected chi connectivity index (χ3v) is 2.33. The summed E-state index contributed by atoms with van der Waals surface area (Å²) in [4.78, 5) is 0. The van der Waals surface area contributed by atoms with E-state index in [-0.39, 0.29) is 5.76 Å². The molecule has 0 N–H and O–H groups in total. The number of benzene rings is 1. The number of hydrogen-bond acceptors (Lipinski definition) is 3. The molecule has 3 nitrogen and oxygen atoms in total. The highest BCUT2D eigenvalue weighted by molar-refractivity contribution is 7.86. The molecule has 0 aromatic heterocycles. The largest absolute Gasteiger partial charge is 0.500 e. The third-order valence-electron chi connectivity index (χ3n) is 1.70. The number of rotatable bonds is 4. The van der Waals surface area contributed by atoms with Crippen LogP contribution in [-0.2, 0) is 15.0 Å². The van der Waals surface area contributed by atoms with E-state index in [1.165, 1.54) is 13.2 Å². The van der Waals surface area contributed by atoms with Crippen molar-refractivity contribution in [1.29, 1.82) is 0 Å². The van der Waals surface area contributed by atoms with Crippen molar-refractivity contribution in [2.45, 2.75) is 0 Å². The summed E-state index contributed by atoms with van der Waals surface area (Å²) >= 11 is 0. The molecule has 5 heteroatoms. The van der Waals surface area contributed by atoms with Gasteiger partial charge in [-0.15, -0.1) is 3.89 Å². The Morgan fingerprint density at radius 1 is 1.40 bits per heavy atom. The van der Waals surface area contributed by atoms with Gasteiger partial charge in [0.15, 0.2) is 0 Å². The van der Waals surface area contributed by atoms with E-state index in [9.17, 15) is 12.3 Å². The van der Waals surface area contributed by atoms with Gasteiger partial charge >= 0.3 is 10.2 Å². The van der Waals surface area contributed by atoms with Gasteiger partial charge in [-0.05, 0) is 11.6 Å². The molecule has 0 saturated heterocycles. The lowest BCUT2D eigenvalue weighted by Crippen LogP contribution is -2.03. The summed E-state index contributed by atoms with van der Waals surface area (Å²) in [6, 6.07) is 8.95. The van der Waals surface area contributed by atoms with E-state index < -0.39 is 16.0 Å². The van der Waals surface area contributed by atoms with Crippen LogP contribution >= 0.6 is 0 Å². The van der Waals surface area contributed by atoms with Crippen LogP contribution < -0.4 is 0 Å². The van der Waals surface area contributed by atoms with Gasteiger partial charge in [0, 0.05) is 0 Å². The monoisotopic (exact) mass is 230 g/mol. The van der Waals surface area contributed by atoms with Crippen molar-refractivity contribution in [3.63, 3.8) is 0 Å². The van der Waals surface area contributed by atoms with Crippen molar-refractivity contribution < 1.29 is 17.0 Å². The quantitative estimate of drug-likeness (QED) is 0.586. The molecule has 15 heavy (non-hydrogen) atoms. The predicted octanol–water partition coefficient (Wildman–Crippen LogP) is 1.97. The zero-order valence-electron chi connectivity index (χ0n) is 8.18. The Labute approximate surface area is 88.4 Å². The maximum absolute atomic E-state index is 12.4. The number of hydrogen-bond donors (Lipinski definition) is 0. The average Bonchev–Trinajstić information content (AvgIpc) is 2.16. The summed E-state index contributed by atoms with van der Waals surface area (Å²) < 4.78 is 38.0. The zero-order valence-corrected chi connectivity index (χ0v) is 9.00. The van der Waals surface area contributed by atoms with Crippen molar-refractivity contribution in [1.82, 2.24) is 0 Å². The first-order valence-corrected chi connectivity index (χ1v) is 5.78. The van der Waals surface area contributed by atoms with Crippen LogP contribution in [0.15, 0.2) is 36.1 Å². The van der Waals surface area contributed by atoms with E-state index >= 15 is 0 Å². The topological polar surface area (TPSA) is 43.4 Å². The molecule has 0 aliphatic heterocycles. The van der Waals surface area contributed by atoms with Crippen LogP contribution in [-0.4, -0.2) is 21.3 Å². The van der Waals surface area contributed by atoms with E-state index in [2.05, 4.69) is 0 Å². The molecule has 0 atom stereocenters. The molecule has 0 radical (unpaired) electrons. The van der Waals surface area contributed by atoms with Gasteiger partial charge < -0.3 is 4.74 Å². The Bertz CT molecular complexity index is 437. The molecular weight excluding hydrogens is 219 g/mol. The van der Waals surface area contributed by atoms with Crippen molar-refractivity contribution >= 4 is 16.3 Å². The summed E-state index contributed by atoms with van der Waals surface area (Å²) in [7, 11) is -3.24. The molecule has 0 aliphatic rings. The Kier molecular flexibility index (Phi) is 3.85. The van der Waals surface area contributed by atoms with Crippen LogP contribution in [0.3, 0.4) is 0 Å². The molecule has 0 amide bonds. The lowest BCUT2D eigenvalue weighted by atomic mass is 10.2. The smallest absolute Gasteiger partial charge is 0.309 e. The molecule has 1 aromatic carbocycles. The van der Waals surface area contributed by atoms with Crippen LogP contribution in [0.4, 0.5) is 3.89 Å². The zero-order chi connectivity index (χ0) is 11.3. The Balaban J connectivity index is 2.88. The van der Waals surface area contributed by atoms with Crippen LogP contribution in [0.25, 0.3) is 6.08 Å². The SMILES string of the molecule is COC(=Cc1ccccc1)CS(=O)(=O)F. The lowest BCUT2D eigenvalue weighted by Gasteiger charge is -2.02.